The van der Waals surface area contributed by atoms with Gasteiger partial charge in [-0.05, 0) is 62.2 Å². The second kappa shape index (κ2) is 12.5. The minimum absolute atomic E-state index is 0.0410. The Bertz CT molecular complexity index is 770. The quantitative estimate of drug-likeness (QED) is 0.348. The summed E-state index contributed by atoms with van der Waals surface area (Å²) in [5.74, 6) is 0.146. The summed E-state index contributed by atoms with van der Waals surface area (Å²) in [6, 6.07) is 9.91. The molecule has 0 aromatic heterocycles. The zero-order valence-electron chi connectivity index (χ0n) is 17.4. The molecule has 29 heavy (non-hydrogen) atoms. The van der Waals surface area contributed by atoms with Crippen molar-refractivity contribution in [2.24, 2.45) is 0 Å². The van der Waals surface area contributed by atoms with E-state index in [-0.39, 0.29) is 11.7 Å². The van der Waals surface area contributed by atoms with Crippen molar-refractivity contribution < 1.29 is 9.18 Å². The summed E-state index contributed by atoms with van der Waals surface area (Å²) in [6.45, 7) is 11.1. The van der Waals surface area contributed by atoms with Gasteiger partial charge in [-0.25, -0.2) is 4.39 Å². The Labute approximate surface area is 178 Å². The highest BCUT2D eigenvalue weighted by atomic mass is 32.2. The van der Waals surface area contributed by atoms with Crippen LogP contribution in [0.25, 0.3) is 0 Å². The lowest BCUT2D eigenvalue weighted by molar-refractivity contribution is -0.126. The van der Waals surface area contributed by atoms with E-state index < -0.39 is 0 Å². The molecule has 2 rings (SSSR count). The topological polar surface area (TPSA) is 23.6 Å². The van der Waals surface area contributed by atoms with Crippen molar-refractivity contribution in [1.29, 1.82) is 0 Å². The van der Waals surface area contributed by atoms with Gasteiger partial charge in [0.2, 0.25) is 5.91 Å². The van der Waals surface area contributed by atoms with Crippen LogP contribution in [-0.2, 0) is 4.79 Å². The van der Waals surface area contributed by atoms with Crippen LogP contribution in [0, 0.1) is 0 Å². The number of carbonyl (C=O) groups excluding carboxylic acids is 1. The number of benzene rings is 1. The molecule has 0 unspecified atom stereocenters. The highest BCUT2D eigenvalue weighted by molar-refractivity contribution is 8.00. The van der Waals surface area contributed by atoms with Gasteiger partial charge in [0, 0.05) is 30.2 Å². The van der Waals surface area contributed by atoms with Crippen LogP contribution < -0.4 is 0 Å². The number of carbonyl (C=O) groups is 1. The van der Waals surface area contributed by atoms with Gasteiger partial charge in [-0.2, -0.15) is 0 Å². The molecule has 0 spiro atoms. The molecular formula is C24H31FN2OS. The van der Waals surface area contributed by atoms with E-state index in [0.717, 1.165) is 42.2 Å². The van der Waals surface area contributed by atoms with Gasteiger partial charge in [-0.1, -0.05) is 31.2 Å². The fourth-order valence-electron chi connectivity index (χ4n) is 3.26. The Morgan fingerprint density at radius 2 is 1.97 bits per heavy atom. The summed E-state index contributed by atoms with van der Waals surface area (Å²) < 4.78 is 13.9. The van der Waals surface area contributed by atoms with Crippen molar-refractivity contribution >= 4 is 17.7 Å². The fourth-order valence-corrected chi connectivity index (χ4v) is 4.05. The molecule has 0 N–H and O–H groups in total. The predicted molar refractivity (Wildman–Crippen MR) is 121 cm³/mol. The molecule has 1 aromatic carbocycles. The molecule has 0 saturated heterocycles. The molecule has 0 fully saturated rings. The Morgan fingerprint density at radius 1 is 1.21 bits per heavy atom. The summed E-state index contributed by atoms with van der Waals surface area (Å²) in [4.78, 5) is 18.1. The molecule has 1 amide bonds. The van der Waals surface area contributed by atoms with E-state index >= 15 is 0 Å². The number of likely N-dealkylation sites (N-methyl/N-ethyl adjacent to an activating group) is 2. The predicted octanol–water partition coefficient (Wildman–Crippen LogP) is 5.59. The number of rotatable bonds is 11. The van der Waals surface area contributed by atoms with Crippen molar-refractivity contribution in [3.63, 3.8) is 0 Å². The lowest BCUT2D eigenvalue weighted by Crippen LogP contribution is -2.32. The second-order valence-electron chi connectivity index (χ2n) is 6.79. The van der Waals surface area contributed by atoms with Gasteiger partial charge >= 0.3 is 0 Å². The molecular weight excluding hydrogens is 383 g/mol. The van der Waals surface area contributed by atoms with E-state index in [9.17, 15) is 9.18 Å². The monoisotopic (exact) mass is 414 g/mol. The summed E-state index contributed by atoms with van der Waals surface area (Å²) in [7, 11) is 0. The SMILES string of the molecule is C=CCN(CC)CCC1=C(N(CC)C(=O)CSc2ccccc2)C=CC(F)=CC1. The Hall–Kier alpha value is -2.11. The largest absolute Gasteiger partial charge is 0.312 e. The van der Waals surface area contributed by atoms with Crippen LogP contribution in [0.4, 0.5) is 4.39 Å². The Morgan fingerprint density at radius 3 is 2.62 bits per heavy atom. The van der Waals surface area contributed by atoms with Crippen LogP contribution >= 0.6 is 11.8 Å². The van der Waals surface area contributed by atoms with E-state index in [1.54, 1.807) is 17.1 Å². The Kier molecular flexibility index (Phi) is 9.95. The first kappa shape index (κ1) is 23.2. The molecule has 0 bridgehead atoms. The standard InChI is InChI=1S/C24H31FN2OS/c1-4-17-26(5-2)18-16-20-12-13-21(25)14-15-23(20)27(6-3)24(28)19-29-22-10-8-7-9-11-22/h4,7-11,13-15H,1,5-6,12,16-19H2,2-3H3. The van der Waals surface area contributed by atoms with Crippen molar-refractivity contribution in [2.75, 3.05) is 31.9 Å². The third-order valence-corrected chi connectivity index (χ3v) is 5.88. The zero-order valence-corrected chi connectivity index (χ0v) is 18.3. The molecule has 0 saturated carbocycles. The first-order valence-electron chi connectivity index (χ1n) is 10.2. The second-order valence-corrected chi connectivity index (χ2v) is 7.84. The number of thioether (sulfide) groups is 1. The van der Waals surface area contributed by atoms with Gasteiger partial charge in [-0.15, -0.1) is 18.3 Å². The molecule has 3 nitrogen and oxygen atoms in total. The molecule has 0 radical (unpaired) electrons. The maximum absolute atomic E-state index is 13.9. The number of allylic oxidation sites excluding steroid dienone is 4. The van der Waals surface area contributed by atoms with Crippen molar-refractivity contribution in [3.8, 4) is 0 Å². The molecule has 5 heteroatoms. The molecule has 1 aliphatic carbocycles. The molecule has 0 heterocycles. The normalized spacial score (nSPS) is 14.0. The highest BCUT2D eigenvalue weighted by Crippen LogP contribution is 2.26. The van der Waals surface area contributed by atoms with Gasteiger partial charge in [0.15, 0.2) is 0 Å². The molecule has 156 valence electrons. The number of hydrogen-bond donors (Lipinski definition) is 0. The summed E-state index contributed by atoms with van der Waals surface area (Å²) in [5, 5.41) is 0. The van der Waals surface area contributed by atoms with Crippen LogP contribution in [0.2, 0.25) is 0 Å². The smallest absolute Gasteiger partial charge is 0.237 e. The van der Waals surface area contributed by atoms with E-state index in [0.29, 0.717) is 18.7 Å². The van der Waals surface area contributed by atoms with Crippen molar-refractivity contribution in [2.45, 2.75) is 31.6 Å². The van der Waals surface area contributed by atoms with Crippen molar-refractivity contribution in [3.05, 3.63) is 78.3 Å². The minimum atomic E-state index is -0.252. The number of hydrogen-bond acceptors (Lipinski definition) is 3. The van der Waals surface area contributed by atoms with Crippen molar-refractivity contribution in [1.82, 2.24) is 9.80 Å². The lowest BCUT2D eigenvalue weighted by atomic mass is 10.0. The summed E-state index contributed by atoms with van der Waals surface area (Å²) in [5.41, 5.74) is 1.93. The van der Waals surface area contributed by atoms with Gasteiger partial charge in [0.25, 0.3) is 0 Å². The van der Waals surface area contributed by atoms with Gasteiger partial charge < -0.3 is 4.90 Å². The number of halogens is 1. The van der Waals surface area contributed by atoms with Gasteiger partial charge in [0.1, 0.15) is 5.83 Å². The van der Waals surface area contributed by atoms with E-state index in [4.69, 9.17) is 0 Å². The lowest BCUT2D eigenvalue weighted by Gasteiger charge is -2.26. The fraction of sp³-hybridized carbons (Fsp3) is 0.375. The summed E-state index contributed by atoms with van der Waals surface area (Å²) in [6.07, 6.45) is 8.03. The average molecular weight is 415 g/mol. The van der Waals surface area contributed by atoms with Gasteiger partial charge in [0.05, 0.1) is 5.75 Å². The maximum atomic E-state index is 13.9. The third kappa shape index (κ3) is 7.33. The molecule has 0 aliphatic heterocycles. The maximum Gasteiger partial charge on any atom is 0.237 e. The highest BCUT2D eigenvalue weighted by Gasteiger charge is 2.20. The van der Waals surface area contributed by atoms with Crippen LogP contribution in [-0.4, -0.2) is 47.6 Å². The summed E-state index contributed by atoms with van der Waals surface area (Å²) >= 11 is 1.53. The first-order chi connectivity index (χ1) is 14.1. The Balaban J connectivity index is 2.17. The average Bonchev–Trinajstić information content (AvgIpc) is 2.92. The van der Waals surface area contributed by atoms with Gasteiger partial charge in [-0.3, -0.25) is 9.69 Å². The van der Waals surface area contributed by atoms with Crippen LogP contribution in [0.15, 0.2) is 83.2 Å². The number of amides is 1. The van der Waals surface area contributed by atoms with Crippen LogP contribution in [0.3, 0.4) is 0 Å². The zero-order chi connectivity index (χ0) is 21.1. The first-order valence-corrected chi connectivity index (χ1v) is 11.1. The molecule has 0 atom stereocenters. The third-order valence-electron chi connectivity index (χ3n) is 4.88. The molecule has 1 aromatic rings. The number of nitrogens with zero attached hydrogens (tertiary/aromatic N) is 2. The van der Waals surface area contributed by atoms with E-state index in [1.807, 2.05) is 43.3 Å². The molecule has 1 aliphatic rings. The van der Waals surface area contributed by atoms with Crippen LogP contribution in [0.1, 0.15) is 26.7 Å². The minimum Gasteiger partial charge on any atom is -0.312 e. The van der Waals surface area contributed by atoms with E-state index in [1.165, 1.54) is 17.8 Å². The van der Waals surface area contributed by atoms with Crippen LogP contribution in [0.5, 0.6) is 0 Å². The van der Waals surface area contributed by atoms with E-state index in [2.05, 4.69) is 18.4 Å².